The average molecular weight is 390 g/mol. The maximum Gasteiger partial charge on any atom is 0.336 e. The zero-order valence-corrected chi connectivity index (χ0v) is 17.5. The molecule has 0 atom stereocenters. The minimum Gasteiger partial charge on any atom is -0.463 e. The number of esters is 2. The highest BCUT2D eigenvalue weighted by molar-refractivity contribution is 5.96. The Morgan fingerprint density at radius 2 is 1.14 bits per heavy atom. The van der Waals surface area contributed by atoms with Crippen LogP contribution in [0.5, 0.6) is 0 Å². The summed E-state index contributed by atoms with van der Waals surface area (Å²) in [5.74, 6) is 0.131. The second-order valence-electron chi connectivity index (χ2n) is 8.20. The number of ether oxygens (including phenoxy) is 2. The van der Waals surface area contributed by atoms with Crippen LogP contribution < -0.4 is 5.32 Å². The van der Waals surface area contributed by atoms with Gasteiger partial charge in [-0.2, -0.15) is 0 Å². The number of carbonyl (C=O) groups is 2. The van der Waals surface area contributed by atoms with Gasteiger partial charge in [0, 0.05) is 17.8 Å². The molecule has 2 aliphatic carbocycles. The fourth-order valence-corrected chi connectivity index (χ4v) is 4.94. The number of nitrogens with one attached hydrogen (secondary N) is 1. The molecule has 0 aromatic rings. The molecule has 2 fully saturated rings. The average Bonchev–Trinajstić information content (AvgIpc) is 2.74. The largest absolute Gasteiger partial charge is 0.463 e. The SMILES string of the molecule is CCOC(=O)C1=C(C2CCCCC2)NC(C2CCCCC2)=C(C(=O)OCC)C1. The van der Waals surface area contributed by atoms with Gasteiger partial charge in [-0.15, -0.1) is 0 Å². The van der Waals surface area contributed by atoms with Gasteiger partial charge < -0.3 is 14.8 Å². The molecular formula is C23H35NO4. The van der Waals surface area contributed by atoms with Crippen LogP contribution in [0.3, 0.4) is 0 Å². The molecule has 3 aliphatic rings. The molecule has 28 heavy (non-hydrogen) atoms. The molecule has 1 N–H and O–H groups in total. The van der Waals surface area contributed by atoms with E-state index in [9.17, 15) is 9.59 Å². The van der Waals surface area contributed by atoms with Gasteiger partial charge in [-0.1, -0.05) is 38.5 Å². The van der Waals surface area contributed by atoms with Crippen LogP contribution in [0.2, 0.25) is 0 Å². The summed E-state index contributed by atoms with van der Waals surface area (Å²) in [6.45, 7) is 4.33. The van der Waals surface area contributed by atoms with Crippen LogP contribution in [0.4, 0.5) is 0 Å². The minimum absolute atomic E-state index is 0.292. The fourth-order valence-electron chi connectivity index (χ4n) is 4.94. The van der Waals surface area contributed by atoms with Gasteiger partial charge >= 0.3 is 11.9 Å². The van der Waals surface area contributed by atoms with E-state index >= 15 is 0 Å². The summed E-state index contributed by atoms with van der Waals surface area (Å²) in [6.07, 6.45) is 12.0. The summed E-state index contributed by atoms with van der Waals surface area (Å²) >= 11 is 0. The van der Waals surface area contributed by atoms with Crippen molar-refractivity contribution in [2.75, 3.05) is 13.2 Å². The molecule has 2 saturated carbocycles. The molecule has 0 aromatic heterocycles. The van der Waals surface area contributed by atoms with E-state index < -0.39 is 0 Å². The molecule has 0 amide bonds. The Labute approximate surface area is 168 Å². The standard InChI is InChI=1S/C23H35NO4/c1-3-27-22(25)18-15-19(23(26)28-4-2)21(17-13-9-6-10-14-17)24-20(18)16-11-7-5-8-12-16/h16-17,24H,3-15H2,1-2H3. The number of hydrogen-bond acceptors (Lipinski definition) is 5. The highest BCUT2D eigenvalue weighted by Gasteiger charge is 2.36. The monoisotopic (exact) mass is 389 g/mol. The van der Waals surface area contributed by atoms with Crippen LogP contribution in [0, 0.1) is 11.8 Å². The number of rotatable bonds is 6. The molecule has 0 radical (unpaired) electrons. The lowest BCUT2D eigenvalue weighted by atomic mass is 9.78. The van der Waals surface area contributed by atoms with E-state index in [0.717, 1.165) is 37.1 Å². The molecule has 1 aliphatic heterocycles. The Morgan fingerprint density at radius 1 is 0.750 bits per heavy atom. The maximum absolute atomic E-state index is 12.8. The molecular weight excluding hydrogens is 354 g/mol. The Kier molecular flexibility index (Phi) is 7.57. The van der Waals surface area contributed by atoms with Gasteiger partial charge in [-0.05, 0) is 51.4 Å². The number of hydrogen-bond donors (Lipinski definition) is 1. The van der Waals surface area contributed by atoms with Crippen molar-refractivity contribution in [3.8, 4) is 0 Å². The van der Waals surface area contributed by atoms with Gasteiger partial charge in [0.25, 0.3) is 0 Å². The van der Waals surface area contributed by atoms with Crippen LogP contribution in [0.1, 0.15) is 84.5 Å². The van der Waals surface area contributed by atoms with Crippen molar-refractivity contribution in [2.45, 2.75) is 84.5 Å². The Balaban J connectivity index is 1.96. The van der Waals surface area contributed by atoms with Crippen molar-refractivity contribution in [1.82, 2.24) is 5.32 Å². The van der Waals surface area contributed by atoms with Crippen molar-refractivity contribution in [3.63, 3.8) is 0 Å². The van der Waals surface area contributed by atoms with E-state index in [1.54, 1.807) is 0 Å². The predicted octanol–water partition coefficient (Wildman–Crippen LogP) is 4.77. The molecule has 0 bridgehead atoms. The van der Waals surface area contributed by atoms with Gasteiger partial charge in [-0.3, -0.25) is 0 Å². The first kappa shape index (κ1) is 20.9. The van der Waals surface area contributed by atoms with Gasteiger partial charge in [0.1, 0.15) is 0 Å². The van der Waals surface area contributed by atoms with Crippen LogP contribution >= 0.6 is 0 Å². The summed E-state index contributed by atoms with van der Waals surface area (Å²) < 4.78 is 10.7. The summed E-state index contributed by atoms with van der Waals surface area (Å²) in [5.41, 5.74) is 3.31. The van der Waals surface area contributed by atoms with E-state index in [4.69, 9.17) is 9.47 Å². The third-order valence-corrected chi connectivity index (χ3v) is 6.34. The molecule has 0 unspecified atom stereocenters. The van der Waals surface area contributed by atoms with E-state index in [-0.39, 0.29) is 11.9 Å². The highest BCUT2D eigenvalue weighted by atomic mass is 16.5. The minimum atomic E-state index is -0.292. The maximum atomic E-state index is 12.8. The molecule has 5 nitrogen and oxygen atoms in total. The Morgan fingerprint density at radius 3 is 1.50 bits per heavy atom. The lowest BCUT2D eigenvalue weighted by molar-refractivity contribution is -0.139. The van der Waals surface area contributed by atoms with Gasteiger partial charge in [0.2, 0.25) is 0 Å². The van der Waals surface area contributed by atoms with Crippen LogP contribution in [-0.2, 0) is 19.1 Å². The fraction of sp³-hybridized carbons (Fsp3) is 0.739. The molecule has 1 heterocycles. The van der Waals surface area contributed by atoms with Crippen LogP contribution in [0.25, 0.3) is 0 Å². The normalized spacial score (nSPS) is 22.1. The zero-order valence-electron chi connectivity index (χ0n) is 17.5. The van der Waals surface area contributed by atoms with Crippen molar-refractivity contribution in [2.24, 2.45) is 11.8 Å². The van der Waals surface area contributed by atoms with E-state index in [1.807, 2.05) is 13.8 Å². The second kappa shape index (κ2) is 10.1. The third-order valence-electron chi connectivity index (χ3n) is 6.34. The summed E-state index contributed by atoms with van der Waals surface area (Å²) in [4.78, 5) is 25.5. The second-order valence-corrected chi connectivity index (χ2v) is 8.20. The van der Waals surface area contributed by atoms with Crippen LogP contribution in [-0.4, -0.2) is 25.2 Å². The number of allylic oxidation sites excluding steroid dienone is 2. The highest BCUT2D eigenvalue weighted by Crippen LogP contribution is 2.40. The molecule has 156 valence electrons. The smallest absolute Gasteiger partial charge is 0.336 e. The third kappa shape index (κ3) is 4.79. The Hall–Kier alpha value is -1.78. The van der Waals surface area contributed by atoms with E-state index in [2.05, 4.69) is 5.32 Å². The summed E-state index contributed by atoms with van der Waals surface area (Å²) in [5, 5.41) is 3.63. The van der Waals surface area contributed by atoms with Crippen molar-refractivity contribution >= 4 is 11.9 Å². The first-order valence-electron chi connectivity index (χ1n) is 11.2. The van der Waals surface area contributed by atoms with E-state index in [1.165, 1.54) is 38.5 Å². The molecule has 5 heteroatoms. The predicted molar refractivity (Wildman–Crippen MR) is 108 cm³/mol. The summed E-state index contributed by atoms with van der Waals surface area (Å²) in [6, 6.07) is 0. The van der Waals surface area contributed by atoms with E-state index in [0.29, 0.717) is 42.6 Å². The molecule has 3 rings (SSSR count). The number of carbonyl (C=O) groups excluding carboxylic acids is 2. The van der Waals surface area contributed by atoms with Gasteiger partial charge in [0.05, 0.1) is 24.4 Å². The van der Waals surface area contributed by atoms with Crippen molar-refractivity contribution < 1.29 is 19.1 Å². The first-order valence-corrected chi connectivity index (χ1v) is 11.2. The van der Waals surface area contributed by atoms with Crippen LogP contribution in [0.15, 0.2) is 22.5 Å². The number of dihydropyridines is 1. The zero-order chi connectivity index (χ0) is 19.9. The molecule has 0 aromatic carbocycles. The van der Waals surface area contributed by atoms with Gasteiger partial charge in [0.15, 0.2) is 0 Å². The van der Waals surface area contributed by atoms with Gasteiger partial charge in [-0.25, -0.2) is 9.59 Å². The lowest BCUT2D eigenvalue weighted by Gasteiger charge is -2.36. The molecule has 0 spiro atoms. The first-order chi connectivity index (χ1) is 13.7. The lowest BCUT2D eigenvalue weighted by Crippen LogP contribution is -2.36. The topological polar surface area (TPSA) is 64.6 Å². The van der Waals surface area contributed by atoms with Crippen molar-refractivity contribution in [3.05, 3.63) is 22.5 Å². The van der Waals surface area contributed by atoms with Crippen molar-refractivity contribution in [1.29, 1.82) is 0 Å². The summed E-state index contributed by atoms with van der Waals surface area (Å²) in [7, 11) is 0. The quantitative estimate of drug-likeness (QED) is 0.663. The molecule has 0 saturated heterocycles. The Bertz CT molecular complexity index is 583.